The zero-order valence-electron chi connectivity index (χ0n) is 14.0. The maximum atomic E-state index is 13.1. The molecule has 0 radical (unpaired) electrons. The summed E-state index contributed by atoms with van der Waals surface area (Å²) in [7, 11) is 0. The fourth-order valence-corrected chi connectivity index (χ4v) is 4.33. The lowest BCUT2D eigenvalue weighted by Gasteiger charge is -2.36. The molecule has 2 fully saturated rings. The molecular weight excluding hydrogens is 352 g/mol. The summed E-state index contributed by atoms with van der Waals surface area (Å²) in [5, 5.41) is 6.71. The van der Waals surface area contributed by atoms with Crippen LogP contribution in [0.5, 0.6) is 0 Å². The van der Waals surface area contributed by atoms with E-state index in [2.05, 4.69) is 57.8 Å². The van der Waals surface area contributed by atoms with E-state index in [0.29, 0.717) is 0 Å². The average Bonchev–Trinajstić information content (AvgIpc) is 3.05. The summed E-state index contributed by atoms with van der Waals surface area (Å²) < 4.78 is 1.07. The molecule has 2 N–H and O–H groups in total. The molecule has 1 aromatic carbocycles. The Labute approximate surface area is 147 Å². The lowest BCUT2D eigenvalue weighted by Crippen LogP contribution is -2.48. The number of carbonyl (C=O) groups is 1. The normalized spacial score (nSPS) is 22.7. The second-order valence-electron chi connectivity index (χ2n) is 7.54. The minimum atomic E-state index is -0.315. The highest BCUT2D eigenvalue weighted by Gasteiger charge is 2.43. The van der Waals surface area contributed by atoms with Crippen LogP contribution in [0.25, 0.3) is 0 Å². The molecule has 0 spiro atoms. The Kier molecular flexibility index (Phi) is 5.12. The molecule has 1 heterocycles. The Morgan fingerprint density at radius 2 is 1.74 bits per heavy atom. The van der Waals surface area contributed by atoms with Crippen molar-refractivity contribution in [3.8, 4) is 0 Å². The van der Waals surface area contributed by atoms with Gasteiger partial charge in [-0.25, -0.2) is 0 Å². The smallest absolute Gasteiger partial charge is 0.230 e. The minimum absolute atomic E-state index is 0.233. The highest BCUT2D eigenvalue weighted by atomic mass is 79.9. The highest BCUT2D eigenvalue weighted by Crippen LogP contribution is 2.42. The van der Waals surface area contributed by atoms with Gasteiger partial charge in [0.25, 0.3) is 0 Å². The zero-order valence-corrected chi connectivity index (χ0v) is 15.5. The van der Waals surface area contributed by atoms with Crippen molar-refractivity contribution >= 4 is 21.8 Å². The second-order valence-corrected chi connectivity index (χ2v) is 8.46. The monoisotopic (exact) mass is 378 g/mol. The molecule has 0 bridgehead atoms. The van der Waals surface area contributed by atoms with Gasteiger partial charge in [0.05, 0.1) is 5.41 Å². The van der Waals surface area contributed by atoms with Crippen molar-refractivity contribution in [2.24, 2.45) is 5.41 Å². The van der Waals surface area contributed by atoms with Crippen LogP contribution in [-0.4, -0.2) is 25.5 Å². The van der Waals surface area contributed by atoms with E-state index in [4.69, 9.17) is 0 Å². The molecule has 0 atom stereocenters. The van der Waals surface area contributed by atoms with E-state index in [1.54, 1.807) is 0 Å². The molecule has 3 nitrogen and oxygen atoms in total. The Morgan fingerprint density at radius 1 is 1.13 bits per heavy atom. The number of nitrogens with one attached hydrogen (secondary N) is 2. The Balaban J connectivity index is 1.73. The van der Waals surface area contributed by atoms with Crippen LogP contribution in [0.15, 0.2) is 28.7 Å². The van der Waals surface area contributed by atoms with Crippen LogP contribution in [0.4, 0.5) is 0 Å². The molecule has 2 aliphatic rings. The van der Waals surface area contributed by atoms with E-state index in [1.165, 1.54) is 5.56 Å². The molecule has 0 aromatic heterocycles. The largest absolute Gasteiger partial charge is 0.355 e. The molecule has 3 rings (SSSR count). The van der Waals surface area contributed by atoms with Gasteiger partial charge in [-0.3, -0.25) is 4.79 Å². The van der Waals surface area contributed by atoms with E-state index < -0.39 is 0 Å². The first-order valence-corrected chi connectivity index (χ1v) is 9.59. The van der Waals surface area contributed by atoms with Gasteiger partial charge in [0.15, 0.2) is 0 Å². The van der Waals surface area contributed by atoms with Crippen molar-refractivity contribution in [2.45, 2.75) is 50.9 Å². The van der Waals surface area contributed by atoms with Crippen LogP contribution in [0.2, 0.25) is 0 Å². The van der Waals surface area contributed by atoms with Crippen molar-refractivity contribution in [2.75, 3.05) is 19.6 Å². The highest BCUT2D eigenvalue weighted by molar-refractivity contribution is 9.10. The van der Waals surface area contributed by atoms with Gasteiger partial charge in [-0.15, -0.1) is 0 Å². The molecule has 126 valence electrons. The van der Waals surface area contributed by atoms with Crippen LogP contribution in [0.1, 0.15) is 51.0 Å². The summed E-state index contributed by atoms with van der Waals surface area (Å²) in [4.78, 5) is 13.1. The molecule has 4 heteroatoms. The number of carbonyl (C=O) groups excluding carboxylic acids is 1. The predicted octanol–water partition coefficient (Wildman–Crippen LogP) is 3.77. The minimum Gasteiger partial charge on any atom is -0.355 e. The first-order valence-electron chi connectivity index (χ1n) is 8.79. The fourth-order valence-electron chi connectivity index (χ4n) is 4.06. The van der Waals surface area contributed by atoms with Crippen molar-refractivity contribution in [3.05, 3.63) is 34.3 Å². The molecule has 1 saturated carbocycles. The van der Waals surface area contributed by atoms with Crippen LogP contribution < -0.4 is 10.6 Å². The van der Waals surface area contributed by atoms with E-state index in [0.717, 1.165) is 62.6 Å². The maximum Gasteiger partial charge on any atom is 0.230 e. The van der Waals surface area contributed by atoms with Gasteiger partial charge in [0.1, 0.15) is 0 Å². The topological polar surface area (TPSA) is 41.1 Å². The van der Waals surface area contributed by atoms with Gasteiger partial charge >= 0.3 is 0 Å². The molecule has 23 heavy (non-hydrogen) atoms. The summed E-state index contributed by atoms with van der Waals surface area (Å²) >= 11 is 3.49. The van der Waals surface area contributed by atoms with Crippen LogP contribution in [0, 0.1) is 5.41 Å². The van der Waals surface area contributed by atoms with E-state index in [9.17, 15) is 4.79 Å². The number of rotatable bonds is 4. The van der Waals surface area contributed by atoms with Crippen molar-refractivity contribution in [3.63, 3.8) is 0 Å². The number of halogens is 1. The molecule has 1 aliphatic carbocycles. The lowest BCUT2D eigenvalue weighted by atomic mass is 9.77. The summed E-state index contributed by atoms with van der Waals surface area (Å²) in [5.41, 5.74) is 1.09. The maximum absolute atomic E-state index is 13.1. The molecule has 0 unspecified atom stereocenters. The van der Waals surface area contributed by atoms with Gasteiger partial charge in [-0.1, -0.05) is 47.8 Å². The van der Waals surface area contributed by atoms with Crippen molar-refractivity contribution < 1.29 is 4.79 Å². The Morgan fingerprint density at radius 3 is 2.35 bits per heavy atom. The van der Waals surface area contributed by atoms with Crippen LogP contribution in [0.3, 0.4) is 0 Å². The zero-order chi connectivity index (χ0) is 16.3. The number of piperidine rings is 1. The van der Waals surface area contributed by atoms with Gasteiger partial charge in [0.2, 0.25) is 5.91 Å². The first kappa shape index (κ1) is 17.0. The second kappa shape index (κ2) is 6.94. The number of amides is 1. The summed E-state index contributed by atoms with van der Waals surface area (Å²) in [6.45, 7) is 5.22. The Bertz CT molecular complexity index is 543. The summed E-state index contributed by atoms with van der Waals surface area (Å²) in [6.07, 6.45) is 6.50. The first-order chi connectivity index (χ1) is 11.0. The number of hydrogen-bond donors (Lipinski definition) is 2. The van der Waals surface area contributed by atoms with Gasteiger partial charge in [0, 0.05) is 11.0 Å². The van der Waals surface area contributed by atoms with E-state index >= 15 is 0 Å². The van der Waals surface area contributed by atoms with Crippen LogP contribution in [-0.2, 0) is 10.2 Å². The van der Waals surface area contributed by atoms with E-state index in [-0.39, 0.29) is 16.7 Å². The number of benzene rings is 1. The third-order valence-corrected chi connectivity index (χ3v) is 6.30. The third-order valence-electron chi connectivity index (χ3n) is 5.77. The quantitative estimate of drug-likeness (QED) is 0.836. The van der Waals surface area contributed by atoms with E-state index in [1.807, 2.05) is 0 Å². The lowest BCUT2D eigenvalue weighted by molar-refractivity contribution is -0.127. The van der Waals surface area contributed by atoms with Crippen molar-refractivity contribution in [1.29, 1.82) is 0 Å². The standard InChI is InChI=1S/C19H27BrN2O/c1-18(10-12-21-13-11-18)14-22-17(23)19(8-2-3-9-19)15-4-6-16(20)7-5-15/h4-7,21H,2-3,8-14H2,1H3,(H,22,23). The molecule has 1 aliphatic heterocycles. The van der Waals surface area contributed by atoms with Gasteiger partial charge < -0.3 is 10.6 Å². The van der Waals surface area contributed by atoms with Gasteiger partial charge in [-0.05, 0) is 61.9 Å². The average molecular weight is 379 g/mol. The van der Waals surface area contributed by atoms with Crippen molar-refractivity contribution in [1.82, 2.24) is 10.6 Å². The molecule has 1 saturated heterocycles. The molecule has 1 aromatic rings. The third kappa shape index (κ3) is 3.63. The number of hydrogen-bond acceptors (Lipinski definition) is 2. The molecular formula is C19H27BrN2O. The SMILES string of the molecule is CC1(CNC(=O)C2(c3ccc(Br)cc3)CCCC2)CCNCC1. The van der Waals surface area contributed by atoms with Crippen LogP contribution >= 0.6 is 15.9 Å². The predicted molar refractivity (Wildman–Crippen MR) is 97.5 cm³/mol. The summed E-state index contributed by atoms with van der Waals surface area (Å²) in [6, 6.07) is 8.33. The molecule has 1 amide bonds. The fraction of sp³-hybridized carbons (Fsp3) is 0.632. The summed E-state index contributed by atoms with van der Waals surface area (Å²) in [5.74, 6) is 0.233. The van der Waals surface area contributed by atoms with Gasteiger partial charge in [-0.2, -0.15) is 0 Å². The Hall–Kier alpha value is -0.870.